The van der Waals surface area contributed by atoms with Crippen LogP contribution in [0, 0.1) is 13.8 Å². The molecule has 4 aromatic heterocycles. The summed E-state index contributed by atoms with van der Waals surface area (Å²) in [6.45, 7) is 29.7. The van der Waals surface area contributed by atoms with Gasteiger partial charge in [-0.3, -0.25) is 0 Å². The predicted octanol–water partition coefficient (Wildman–Crippen LogP) is 20.4. The number of pyridine rings is 2. The topological polar surface area (TPSA) is 271 Å². The monoisotopic (exact) mass is 1590 g/mol. The van der Waals surface area contributed by atoms with E-state index in [1.54, 1.807) is 176 Å². The van der Waals surface area contributed by atoms with E-state index < -0.39 is 132 Å². The predicted molar refractivity (Wildman–Crippen MR) is 411 cm³/mol. The third kappa shape index (κ3) is 24.8. The fraction of sp³-hybridized carbons (Fsp3) is 0.429. The Morgan fingerprint density at radius 3 is 1.49 bits per heavy atom. The smallest absolute Gasteiger partial charge is 0.426 e. The van der Waals surface area contributed by atoms with Crippen LogP contribution < -0.4 is 19.3 Å². The standard InChI is InChI=1S/C43H51F3N4O8.C41H47F3N4O8/c1-10-12-24-42(43(44,45)46,54-27-31-22-17-14-18-23-31)37-49-48-36(56-37)34-33(50(38(51)57-40(4,5)6)39(52)58-41(7,8)9)25-29(3)35(47-34)55-32(19-11-2)28-53-26-30-20-15-13-16-21-30;1-27-23-31(48(36(49)55-38(2,3)4)37(50)56-39(5,6)7)32-34-46-47-35(54-34)40(41(42,43)44,52-25-29-19-13-9-14-20-29)22-16-10-15-21-30(53-33(27)45-32)26-51-24-28-17-11-8-12-18-28/h10-11,13-18,20-23,25,32H,1-2,12,19,24,26-28H2,3-9H3;8-15,17-20,23,30H,16,21-22,24-26H2,1-7H3/t32-,42+;30-,40+/m00/s1. The Hall–Kier alpha value is -10.8. The SMILES string of the molecule is C=CCC[C@@](OCc1ccccc1)(c1nnc(-c2nc(O[C@@H](CC=C)COCc3ccccc3)c(C)cc2N(C(=O)OC(C)(C)C)C(=O)OC(C)(C)C)o1)C(F)(F)F.Cc1cc(N(C(=O)OC(C)(C)C)C(=O)OC(C)(C)C)c2nc1O[C@H](COCc1ccccc1)CC=CCC[C@](OCc1ccccc1)(C(F)(F)F)c1nnc-2o1. The molecule has 8 aromatic rings. The van der Waals surface area contributed by atoms with Crippen molar-refractivity contribution in [1.29, 1.82) is 0 Å². The van der Waals surface area contributed by atoms with Crippen molar-refractivity contribution in [3.63, 3.8) is 0 Å². The molecule has 0 saturated carbocycles. The highest BCUT2D eigenvalue weighted by molar-refractivity contribution is 6.12. The van der Waals surface area contributed by atoms with Crippen LogP contribution in [0.15, 0.2) is 180 Å². The number of aryl methyl sites for hydroxylation is 2. The molecule has 0 spiro atoms. The summed E-state index contributed by atoms with van der Waals surface area (Å²) in [6, 6.07) is 38.4. The van der Waals surface area contributed by atoms with E-state index in [4.69, 9.17) is 56.2 Å². The summed E-state index contributed by atoms with van der Waals surface area (Å²) < 4.78 is 162. The van der Waals surface area contributed by atoms with Gasteiger partial charge in [0.1, 0.15) is 34.6 Å². The maximum atomic E-state index is 15.4. The highest BCUT2D eigenvalue weighted by Crippen LogP contribution is 2.50. The van der Waals surface area contributed by atoms with E-state index in [1.807, 2.05) is 60.7 Å². The van der Waals surface area contributed by atoms with Gasteiger partial charge in [-0.05, 0) is 157 Å². The highest BCUT2D eigenvalue weighted by Gasteiger charge is 2.62. The van der Waals surface area contributed by atoms with E-state index >= 15 is 26.3 Å². The number of carbonyl (C=O) groups excluding carboxylic acids is 4. The van der Waals surface area contributed by atoms with Crippen molar-refractivity contribution < 1.29 is 102 Å². The molecule has 30 heteroatoms. The molecule has 0 saturated heterocycles. The second-order valence-corrected chi connectivity index (χ2v) is 30.7. The highest BCUT2D eigenvalue weighted by atomic mass is 19.4. The number of imide groups is 2. The number of halogens is 6. The normalized spacial score (nSPS) is 15.6. The number of benzene rings is 4. The number of hydrogen-bond donors (Lipinski definition) is 0. The van der Waals surface area contributed by atoms with Gasteiger partial charge >= 0.3 is 36.7 Å². The van der Waals surface area contributed by atoms with Crippen LogP contribution in [0.1, 0.15) is 167 Å². The van der Waals surface area contributed by atoms with Gasteiger partial charge in [-0.25, -0.2) is 29.1 Å². The Morgan fingerprint density at radius 1 is 0.561 bits per heavy atom. The Kier molecular flexibility index (Phi) is 29.8. The summed E-state index contributed by atoms with van der Waals surface area (Å²) in [5, 5.41) is 15.7. The summed E-state index contributed by atoms with van der Waals surface area (Å²) >= 11 is 0. The Bertz CT molecular complexity index is 4480. The Balaban J connectivity index is 0.000000286. The van der Waals surface area contributed by atoms with Gasteiger partial charge in [-0.2, -0.15) is 36.1 Å². The number of amides is 4. The molecule has 0 aliphatic carbocycles. The van der Waals surface area contributed by atoms with Crippen molar-refractivity contribution in [2.24, 2.45) is 0 Å². The minimum absolute atomic E-state index is 0.0120. The zero-order valence-electron chi connectivity index (χ0n) is 66.4. The number of fused-ring (bicyclic) bond motifs is 5. The Morgan fingerprint density at radius 2 is 1.02 bits per heavy atom. The van der Waals surface area contributed by atoms with Crippen molar-refractivity contribution in [2.75, 3.05) is 23.0 Å². The van der Waals surface area contributed by atoms with E-state index in [0.717, 1.165) is 11.1 Å². The molecule has 0 fully saturated rings. The molecule has 1 aliphatic rings. The largest absolute Gasteiger partial charge is 0.471 e. The average molecular weight is 1590 g/mol. The van der Waals surface area contributed by atoms with Crippen molar-refractivity contribution in [1.82, 2.24) is 30.4 Å². The molecule has 24 nitrogen and oxygen atoms in total. The van der Waals surface area contributed by atoms with Gasteiger partial charge < -0.3 is 56.2 Å². The number of aromatic nitrogens is 6. The number of nitrogens with zero attached hydrogens (tertiary/aromatic N) is 8. The summed E-state index contributed by atoms with van der Waals surface area (Å²) in [4.78, 5) is 65.8. The van der Waals surface area contributed by atoms with Gasteiger partial charge in [0.2, 0.25) is 23.0 Å². The van der Waals surface area contributed by atoms with Crippen LogP contribution in [0.2, 0.25) is 0 Å². The lowest BCUT2D eigenvalue weighted by Gasteiger charge is -2.32. The van der Waals surface area contributed by atoms with Gasteiger partial charge in [0, 0.05) is 24.0 Å². The minimum Gasteiger partial charge on any atom is -0.471 e. The van der Waals surface area contributed by atoms with Crippen LogP contribution in [0.5, 0.6) is 11.8 Å². The first-order valence-corrected chi connectivity index (χ1v) is 36.8. The number of anilines is 2. The van der Waals surface area contributed by atoms with Gasteiger partial charge in [-0.1, -0.05) is 146 Å². The summed E-state index contributed by atoms with van der Waals surface area (Å²) in [5.74, 6) is -3.01. The molecule has 4 bridgehead atoms. The van der Waals surface area contributed by atoms with Crippen molar-refractivity contribution in [2.45, 2.75) is 220 Å². The molecular formula is C84H98F6N8O16. The molecule has 4 aromatic carbocycles. The van der Waals surface area contributed by atoms with Gasteiger partial charge in [0.05, 0.1) is 51.0 Å². The molecule has 4 atom stereocenters. The van der Waals surface area contributed by atoms with E-state index in [2.05, 4.69) is 43.5 Å². The molecule has 9 rings (SSSR count). The first-order valence-electron chi connectivity index (χ1n) is 36.8. The molecule has 114 heavy (non-hydrogen) atoms. The lowest BCUT2D eigenvalue weighted by atomic mass is 9.95. The zero-order valence-corrected chi connectivity index (χ0v) is 66.4. The van der Waals surface area contributed by atoms with Gasteiger partial charge in [0.15, 0.2) is 11.4 Å². The average Bonchev–Trinajstić information content (AvgIpc) is 1.58. The van der Waals surface area contributed by atoms with E-state index in [9.17, 15) is 19.2 Å². The molecule has 4 amide bonds. The van der Waals surface area contributed by atoms with Crippen LogP contribution in [-0.4, -0.2) is 115 Å². The van der Waals surface area contributed by atoms with E-state index in [-0.39, 0.29) is 73.6 Å². The molecule has 0 N–H and O–H groups in total. The molecular weight excluding hydrogens is 1490 g/mol. The summed E-state index contributed by atoms with van der Waals surface area (Å²) in [7, 11) is 0. The molecule has 0 unspecified atom stereocenters. The first-order chi connectivity index (χ1) is 53.6. The first kappa shape index (κ1) is 88.7. The molecule has 5 heterocycles. The lowest BCUT2D eigenvalue weighted by molar-refractivity contribution is -0.299. The maximum Gasteiger partial charge on any atom is 0.426 e. The number of ether oxygens (including phenoxy) is 10. The van der Waals surface area contributed by atoms with E-state index in [1.165, 1.54) is 18.2 Å². The van der Waals surface area contributed by atoms with Crippen LogP contribution in [-0.2, 0) is 75.5 Å². The molecule has 0 radical (unpaired) electrons. The van der Waals surface area contributed by atoms with Gasteiger partial charge in [-0.15, -0.1) is 33.6 Å². The summed E-state index contributed by atoms with van der Waals surface area (Å²) in [5.41, 5.74) is -8.31. The zero-order chi connectivity index (χ0) is 83.5. The van der Waals surface area contributed by atoms with Crippen LogP contribution >= 0.6 is 0 Å². The number of allylic oxidation sites excluding steroid dienone is 2. The number of alkyl halides is 6. The second kappa shape index (κ2) is 38.3. The second-order valence-electron chi connectivity index (χ2n) is 30.7. The lowest BCUT2D eigenvalue weighted by Crippen LogP contribution is -2.45. The molecule has 612 valence electrons. The third-order valence-electron chi connectivity index (χ3n) is 16.3. The van der Waals surface area contributed by atoms with Gasteiger partial charge in [0.25, 0.3) is 23.6 Å². The molecule has 1 aliphatic heterocycles. The van der Waals surface area contributed by atoms with Crippen molar-refractivity contribution >= 4 is 35.7 Å². The summed E-state index contributed by atoms with van der Waals surface area (Å²) in [6.07, 6.45) is -10.8. The number of carbonyl (C=O) groups is 4. The fourth-order valence-electron chi connectivity index (χ4n) is 11.1. The Labute approximate surface area is 659 Å². The third-order valence-corrected chi connectivity index (χ3v) is 16.3. The number of rotatable bonds is 25. The van der Waals surface area contributed by atoms with E-state index in [0.29, 0.717) is 45.1 Å². The van der Waals surface area contributed by atoms with Crippen molar-refractivity contribution in [3.05, 3.63) is 216 Å². The van der Waals surface area contributed by atoms with Crippen LogP contribution in [0.25, 0.3) is 23.2 Å². The van der Waals surface area contributed by atoms with Crippen LogP contribution in [0.4, 0.5) is 56.9 Å². The minimum atomic E-state index is -5.07. The quantitative estimate of drug-likeness (QED) is 0.0292. The van der Waals surface area contributed by atoms with Crippen molar-refractivity contribution in [3.8, 4) is 34.9 Å². The number of hydrogen-bond acceptors (Lipinski definition) is 22. The van der Waals surface area contributed by atoms with Crippen LogP contribution in [0.3, 0.4) is 0 Å². The fourth-order valence-corrected chi connectivity index (χ4v) is 11.1. The maximum absolute atomic E-state index is 15.4.